The monoisotopic (exact) mass is 294 g/mol. The van der Waals surface area contributed by atoms with Crippen LogP contribution in [0.5, 0.6) is 0 Å². The van der Waals surface area contributed by atoms with E-state index in [0.717, 1.165) is 31.5 Å². The minimum Gasteiger partial charge on any atom is -0.325 e. The molecule has 1 saturated heterocycles. The molecule has 0 spiro atoms. The summed E-state index contributed by atoms with van der Waals surface area (Å²) in [5.41, 5.74) is 0.694. The highest BCUT2D eigenvalue weighted by atomic mass is 35.5. The zero-order chi connectivity index (χ0) is 14.5. The van der Waals surface area contributed by atoms with Crippen LogP contribution in [0, 0.1) is 11.8 Å². The highest BCUT2D eigenvalue weighted by Crippen LogP contribution is 2.22. The lowest BCUT2D eigenvalue weighted by Gasteiger charge is -2.34. The van der Waals surface area contributed by atoms with Gasteiger partial charge in [0.25, 0.3) is 0 Å². The number of rotatable bonds is 4. The van der Waals surface area contributed by atoms with Crippen LogP contribution >= 0.6 is 11.6 Å². The van der Waals surface area contributed by atoms with Crippen molar-refractivity contribution in [3.05, 3.63) is 29.3 Å². The van der Waals surface area contributed by atoms with E-state index in [-0.39, 0.29) is 5.91 Å². The molecule has 1 aromatic carbocycles. The lowest BCUT2D eigenvalue weighted by Crippen LogP contribution is -2.40. The molecular formula is C16H23ClN2O. The number of amides is 1. The normalized spacial score (nSPS) is 23.6. The number of likely N-dealkylation sites (tertiary alicyclic amines) is 1. The van der Waals surface area contributed by atoms with Gasteiger partial charge in [-0.25, -0.2) is 0 Å². The number of halogens is 1. The Balaban J connectivity index is 1.79. The van der Waals surface area contributed by atoms with Gasteiger partial charge in [0.05, 0.1) is 10.7 Å². The molecule has 0 radical (unpaired) electrons. The minimum atomic E-state index is 0.0315. The quantitative estimate of drug-likeness (QED) is 0.919. The average molecular weight is 295 g/mol. The Morgan fingerprint density at radius 3 is 2.60 bits per heavy atom. The number of nitrogens with one attached hydrogen (secondary N) is 1. The fraction of sp³-hybridized carbons (Fsp3) is 0.562. The minimum absolute atomic E-state index is 0.0315. The number of carbonyl (C=O) groups is 1. The van der Waals surface area contributed by atoms with Gasteiger partial charge < -0.3 is 10.2 Å². The molecule has 1 amide bonds. The topological polar surface area (TPSA) is 32.3 Å². The smallest absolute Gasteiger partial charge is 0.225 e. The molecule has 1 heterocycles. The van der Waals surface area contributed by atoms with Gasteiger partial charge in [0.15, 0.2) is 0 Å². The third-order valence-corrected chi connectivity index (χ3v) is 4.08. The first-order chi connectivity index (χ1) is 9.54. The summed E-state index contributed by atoms with van der Waals surface area (Å²) in [4.78, 5) is 14.4. The van der Waals surface area contributed by atoms with E-state index < -0.39 is 0 Å². The van der Waals surface area contributed by atoms with E-state index in [0.29, 0.717) is 17.1 Å². The molecule has 0 bridgehead atoms. The second-order valence-corrected chi connectivity index (χ2v) is 6.39. The highest BCUT2D eigenvalue weighted by Gasteiger charge is 2.21. The molecule has 0 unspecified atom stereocenters. The van der Waals surface area contributed by atoms with Gasteiger partial charge in [-0.2, -0.15) is 0 Å². The number of para-hydroxylation sites is 1. The summed E-state index contributed by atoms with van der Waals surface area (Å²) in [5, 5.41) is 3.46. The number of anilines is 1. The van der Waals surface area contributed by atoms with Crippen LogP contribution in [0.1, 0.15) is 26.7 Å². The van der Waals surface area contributed by atoms with Gasteiger partial charge in [-0.1, -0.05) is 37.6 Å². The summed E-state index contributed by atoms with van der Waals surface area (Å²) in [6.45, 7) is 7.59. The van der Waals surface area contributed by atoms with Gasteiger partial charge in [-0.05, 0) is 30.4 Å². The van der Waals surface area contributed by atoms with E-state index >= 15 is 0 Å². The Bertz CT molecular complexity index is 454. The molecule has 0 saturated carbocycles. The van der Waals surface area contributed by atoms with Crippen LogP contribution in [0.2, 0.25) is 5.02 Å². The van der Waals surface area contributed by atoms with Crippen LogP contribution in [-0.2, 0) is 4.79 Å². The van der Waals surface area contributed by atoms with Crippen LogP contribution in [0.25, 0.3) is 0 Å². The van der Waals surface area contributed by atoms with E-state index in [1.165, 1.54) is 6.42 Å². The maximum Gasteiger partial charge on any atom is 0.225 e. The largest absolute Gasteiger partial charge is 0.325 e. The first-order valence-electron chi connectivity index (χ1n) is 7.31. The molecule has 1 N–H and O–H groups in total. The van der Waals surface area contributed by atoms with Crippen LogP contribution in [0.3, 0.4) is 0 Å². The molecule has 1 aromatic rings. The summed E-state index contributed by atoms with van der Waals surface area (Å²) in [6.07, 6.45) is 1.81. The van der Waals surface area contributed by atoms with Crippen LogP contribution in [0.4, 0.5) is 5.69 Å². The first kappa shape index (κ1) is 15.3. The zero-order valence-electron chi connectivity index (χ0n) is 12.2. The van der Waals surface area contributed by atoms with Crippen molar-refractivity contribution in [3.8, 4) is 0 Å². The van der Waals surface area contributed by atoms with Crippen LogP contribution in [0.15, 0.2) is 24.3 Å². The fourth-order valence-corrected chi connectivity index (χ4v) is 3.19. The van der Waals surface area contributed by atoms with Gasteiger partial charge in [0, 0.05) is 26.1 Å². The second kappa shape index (κ2) is 7.09. The lowest BCUT2D eigenvalue weighted by molar-refractivity contribution is -0.116. The molecule has 4 heteroatoms. The average Bonchev–Trinajstić information content (AvgIpc) is 2.38. The molecule has 0 aliphatic carbocycles. The second-order valence-electron chi connectivity index (χ2n) is 5.98. The van der Waals surface area contributed by atoms with Gasteiger partial charge in [0.2, 0.25) is 5.91 Å². The third kappa shape index (κ3) is 4.50. The number of hydrogen-bond acceptors (Lipinski definition) is 2. The predicted molar refractivity (Wildman–Crippen MR) is 84.1 cm³/mol. The van der Waals surface area contributed by atoms with Crippen molar-refractivity contribution in [2.24, 2.45) is 11.8 Å². The number of piperidine rings is 1. The molecule has 20 heavy (non-hydrogen) atoms. The van der Waals surface area contributed by atoms with Crippen LogP contribution in [-0.4, -0.2) is 30.4 Å². The SMILES string of the molecule is C[C@H]1C[C@H](C)CN(CCC(=O)Nc2ccccc2Cl)C1. The number of hydrogen-bond donors (Lipinski definition) is 1. The van der Waals surface area contributed by atoms with Crippen molar-refractivity contribution >= 4 is 23.2 Å². The summed E-state index contributed by atoms with van der Waals surface area (Å²) >= 11 is 6.03. The maximum atomic E-state index is 12.0. The predicted octanol–water partition coefficient (Wildman–Crippen LogP) is 3.65. The van der Waals surface area contributed by atoms with Crippen molar-refractivity contribution in [2.75, 3.05) is 25.0 Å². The van der Waals surface area contributed by atoms with Crippen molar-refractivity contribution in [1.29, 1.82) is 0 Å². The van der Waals surface area contributed by atoms with E-state index in [4.69, 9.17) is 11.6 Å². The Hall–Kier alpha value is -1.06. The Kier molecular flexibility index (Phi) is 5.44. The molecule has 1 aliphatic rings. The van der Waals surface area contributed by atoms with E-state index in [2.05, 4.69) is 24.1 Å². The summed E-state index contributed by atoms with van der Waals surface area (Å²) in [7, 11) is 0. The molecule has 1 aliphatic heterocycles. The number of carbonyl (C=O) groups excluding carboxylic acids is 1. The fourth-order valence-electron chi connectivity index (χ4n) is 3.01. The van der Waals surface area contributed by atoms with Crippen LogP contribution < -0.4 is 5.32 Å². The molecule has 3 nitrogen and oxygen atoms in total. The Morgan fingerprint density at radius 1 is 1.30 bits per heavy atom. The zero-order valence-corrected chi connectivity index (χ0v) is 13.0. The molecule has 0 aromatic heterocycles. The summed E-state index contributed by atoms with van der Waals surface area (Å²) in [5.74, 6) is 1.49. The number of benzene rings is 1. The molecular weight excluding hydrogens is 272 g/mol. The van der Waals surface area contributed by atoms with Gasteiger partial charge in [0.1, 0.15) is 0 Å². The molecule has 110 valence electrons. The van der Waals surface area contributed by atoms with Gasteiger partial charge >= 0.3 is 0 Å². The van der Waals surface area contributed by atoms with Crippen molar-refractivity contribution in [2.45, 2.75) is 26.7 Å². The van der Waals surface area contributed by atoms with Crippen molar-refractivity contribution in [1.82, 2.24) is 4.90 Å². The van der Waals surface area contributed by atoms with Gasteiger partial charge in [-0.15, -0.1) is 0 Å². The summed E-state index contributed by atoms with van der Waals surface area (Å²) in [6, 6.07) is 7.33. The van der Waals surface area contributed by atoms with Crippen molar-refractivity contribution in [3.63, 3.8) is 0 Å². The Labute approximate surface area is 126 Å². The maximum absolute atomic E-state index is 12.0. The number of nitrogens with zero attached hydrogens (tertiary/aromatic N) is 1. The van der Waals surface area contributed by atoms with E-state index in [1.807, 2.05) is 18.2 Å². The molecule has 2 atom stereocenters. The third-order valence-electron chi connectivity index (χ3n) is 3.75. The summed E-state index contributed by atoms with van der Waals surface area (Å²) < 4.78 is 0. The lowest BCUT2D eigenvalue weighted by atomic mass is 9.92. The van der Waals surface area contributed by atoms with E-state index in [1.54, 1.807) is 6.07 Å². The standard InChI is InChI=1S/C16H23ClN2O/c1-12-9-13(2)11-19(10-12)8-7-16(20)18-15-6-4-3-5-14(15)17/h3-6,12-13H,7-11H2,1-2H3,(H,18,20)/t12-,13-/m0/s1. The van der Waals surface area contributed by atoms with E-state index in [9.17, 15) is 4.79 Å². The first-order valence-corrected chi connectivity index (χ1v) is 7.69. The highest BCUT2D eigenvalue weighted by molar-refractivity contribution is 6.33. The van der Waals surface area contributed by atoms with Gasteiger partial charge in [-0.3, -0.25) is 4.79 Å². The van der Waals surface area contributed by atoms with Crippen molar-refractivity contribution < 1.29 is 4.79 Å². The Morgan fingerprint density at radius 2 is 1.95 bits per heavy atom. The molecule has 2 rings (SSSR count). The molecule has 1 fully saturated rings.